The fourth-order valence-corrected chi connectivity index (χ4v) is 2.32. The molecule has 7 nitrogen and oxygen atoms in total. The summed E-state index contributed by atoms with van der Waals surface area (Å²) >= 11 is 0. The van der Waals surface area contributed by atoms with Crippen molar-refractivity contribution in [2.24, 2.45) is 0 Å². The van der Waals surface area contributed by atoms with Gasteiger partial charge in [-0.2, -0.15) is 0 Å². The fourth-order valence-electron chi connectivity index (χ4n) is 2.32. The smallest absolute Gasteiger partial charge is 0.338 e. The molecule has 2 N–H and O–H groups in total. The average molecular weight is 260 g/mol. The first-order valence-electron chi connectivity index (χ1n) is 6.00. The van der Waals surface area contributed by atoms with Gasteiger partial charge in [0.2, 0.25) is 5.91 Å². The Hall–Kier alpha value is -2.44. The van der Waals surface area contributed by atoms with E-state index in [2.05, 4.69) is 15.6 Å². The molecule has 0 radical (unpaired) electrons. The number of carboxylic acids is 1. The topological polar surface area (TPSA) is 97.1 Å². The number of fused-ring (bicyclic) bond motifs is 1. The highest BCUT2D eigenvalue weighted by Gasteiger charge is 2.22. The Kier molecular flexibility index (Phi) is 2.66. The Morgan fingerprint density at radius 3 is 3.05 bits per heavy atom. The minimum atomic E-state index is -1.02. The van der Waals surface area contributed by atoms with E-state index in [1.165, 1.54) is 6.07 Å². The maximum atomic E-state index is 11.2. The van der Waals surface area contributed by atoms with Gasteiger partial charge < -0.3 is 10.4 Å². The summed E-state index contributed by atoms with van der Waals surface area (Å²) in [6, 6.07) is 4.98. The maximum absolute atomic E-state index is 11.2. The number of amides is 1. The van der Waals surface area contributed by atoms with Gasteiger partial charge in [-0.15, -0.1) is 5.10 Å². The molecule has 1 atom stereocenters. The standard InChI is InChI=1S/C12H12N4O3/c17-10-5-4-7(13-10)6-16-9-3-1-2-8(12(18)19)11(9)14-15-16/h1-3,7H,4-6H2,(H,13,17)(H,18,19). The summed E-state index contributed by atoms with van der Waals surface area (Å²) in [5.74, 6) is -0.979. The van der Waals surface area contributed by atoms with E-state index in [0.29, 0.717) is 24.0 Å². The van der Waals surface area contributed by atoms with E-state index in [1.807, 2.05) is 0 Å². The van der Waals surface area contributed by atoms with Gasteiger partial charge in [-0.05, 0) is 18.6 Å². The van der Waals surface area contributed by atoms with E-state index in [-0.39, 0.29) is 17.5 Å². The molecule has 0 bridgehead atoms. The zero-order chi connectivity index (χ0) is 13.4. The summed E-state index contributed by atoms with van der Waals surface area (Å²) in [4.78, 5) is 22.2. The van der Waals surface area contributed by atoms with Crippen LogP contribution < -0.4 is 5.32 Å². The van der Waals surface area contributed by atoms with Crippen molar-refractivity contribution in [2.45, 2.75) is 25.4 Å². The van der Waals surface area contributed by atoms with Gasteiger partial charge in [-0.1, -0.05) is 11.3 Å². The normalized spacial score (nSPS) is 18.7. The second kappa shape index (κ2) is 4.34. The summed E-state index contributed by atoms with van der Waals surface area (Å²) in [5, 5.41) is 19.8. The van der Waals surface area contributed by atoms with E-state index < -0.39 is 5.97 Å². The van der Waals surface area contributed by atoms with Gasteiger partial charge in [0.05, 0.1) is 17.6 Å². The van der Waals surface area contributed by atoms with E-state index in [4.69, 9.17) is 5.11 Å². The molecule has 0 saturated carbocycles. The number of carboxylic acid groups (broad SMARTS) is 1. The van der Waals surface area contributed by atoms with Gasteiger partial charge in [0.15, 0.2) is 0 Å². The molecule has 1 saturated heterocycles. The lowest BCUT2D eigenvalue weighted by atomic mass is 10.2. The third-order valence-electron chi connectivity index (χ3n) is 3.25. The monoisotopic (exact) mass is 260 g/mol. The van der Waals surface area contributed by atoms with E-state index >= 15 is 0 Å². The van der Waals surface area contributed by atoms with Crippen LogP contribution in [0.1, 0.15) is 23.2 Å². The molecule has 3 rings (SSSR count). The van der Waals surface area contributed by atoms with Crippen molar-refractivity contribution < 1.29 is 14.7 Å². The molecule has 7 heteroatoms. The number of nitrogens with one attached hydrogen (secondary N) is 1. The maximum Gasteiger partial charge on any atom is 0.338 e. The predicted octanol–water partition coefficient (Wildman–Crippen LogP) is 0.408. The zero-order valence-electron chi connectivity index (χ0n) is 10.0. The molecule has 0 spiro atoms. The summed E-state index contributed by atoms with van der Waals surface area (Å²) < 4.78 is 1.64. The molecule has 1 unspecified atom stereocenters. The second-order valence-electron chi connectivity index (χ2n) is 4.55. The molecule has 0 aliphatic carbocycles. The number of hydrogen-bond donors (Lipinski definition) is 2. The van der Waals surface area contributed by atoms with Crippen LogP contribution in [0.4, 0.5) is 0 Å². The number of carbonyl (C=O) groups excluding carboxylic acids is 1. The first kappa shape index (κ1) is 11.6. The van der Waals surface area contributed by atoms with Gasteiger partial charge in [-0.3, -0.25) is 4.79 Å². The molecule has 1 aliphatic rings. The summed E-state index contributed by atoms with van der Waals surface area (Å²) in [7, 11) is 0. The van der Waals surface area contributed by atoms with Crippen LogP contribution in [-0.2, 0) is 11.3 Å². The van der Waals surface area contributed by atoms with Crippen LogP contribution in [0.25, 0.3) is 11.0 Å². The number of benzene rings is 1. The SMILES string of the molecule is O=C1CCC(Cn2nnc3c(C(=O)O)cccc32)N1. The molecule has 1 fully saturated rings. The first-order chi connectivity index (χ1) is 9.15. The Labute approximate surface area is 108 Å². The van der Waals surface area contributed by atoms with Gasteiger partial charge >= 0.3 is 5.97 Å². The lowest BCUT2D eigenvalue weighted by molar-refractivity contribution is -0.119. The van der Waals surface area contributed by atoms with Crippen molar-refractivity contribution in [3.05, 3.63) is 23.8 Å². The summed E-state index contributed by atoms with van der Waals surface area (Å²) in [6.07, 6.45) is 1.29. The molecule has 19 heavy (non-hydrogen) atoms. The van der Waals surface area contributed by atoms with Crippen LogP contribution in [0.15, 0.2) is 18.2 Å². The predicted molar refractivity (Wildman–Crippen MR) is 65.7 cm³/mol. The largest absolute Gasteiger partial charge is 0.478 e. The lowest BCUT2D eigenvalue weighted by Gasteiger charge is -2.09. The van der Waals surface area contributed by atoms with Crippen molar-refractivity contribution in [1.82, 2.24) is 20.3 Å². The van der Waals surface area contributed by atoms with Crippen LogP contribution in [0.3, 0.4) is 0 Å². The van der Waals surface area contributed by atoms with E-state index in [0.717, 1.165) is 6.42 Å². The van der Waals surface area contributed by atoms with Gasteiger partial charge in [-0.25, -0.2) is 9.48 Å². The molecule has 1 aromatic carbocycles. The number of nitrogens with zero attached hydrogens (tertiary/aromatic N) is 3. The Balaban J connectivity index is 1.95. The van der Waals surface area contributed by atoms with Crippen molar-refractivity contribution in [3.8, 4) is 0 Å². The highest BCUT2D eigenvalue weighted by atomic mass is 16.4. The summed E-state index contributed by atoms with van der Waals surface area (Å²) in [5.41, 5.74) is 1.18. The highest BCUT2D eigenvalue weighted by Crippen LogP contribution is 2.17. The van der Waals surface area contributed by atoms with Crippen molar-refractivity contribution in [2.75, 3.05) is 0 Å². The second-order valence-corrected chi connectivity index (χ2v) is 4.55. The number of aromatic carboxylic acids is 1. The lowest BCUT2D eigenvalue weighted by Crippen LogP contribution is -2.29. The van der Waals surface area contributed by atoms with Crippen molar-refractivity contribution in [3.63, 3.8) is 0 Å². The quantitative estimate of drug-likeness (QED) is 0.833. The van der Waals surface area contributed by atoms with Crippen LogP contribution in [0.2, 0.25) is 0 Å². The Morgan fingerprint density at radius 2 is 2.37 bits per heavy atom. The molecule has 98 valence electrons. The number of hydrogen-bond acceptors (Lipinski definition) is 4. The van der Waals surface area contributed by atoms with E-state index in [9.17, 15) is 9.59 Å². The van der Waals surface area contributed by atoms with Crippen molar-refractivity contribution >= 4 is 22.9 Å². The number of aromatic nitrogens is 3. The van der Waals surface area contributed by atoms with Crippen LogP contribution >= 0.6 is 0 Å². The van der Waals surface area contributed by atoms with Gasteiger partial charge in [0.25, 0.3) is 0 Å². The molecule has 1 amide bonds. The first-order valence-corrected chi connectivity index (χ1v) is 6.00. The van der Waals surface area contributed by atoms with Crippen LogP contribution in [0.5, 0.6) is 0 Å². The molecular formula is C12H12N4O3. The molecular weight excluding hydrogens is 248 g/mol. The minimum Gasteiger partial charge on any atom is -0.478 e. The minimum absolute atomic E-state index is 0.0332. The van der Waals surface area contributed by atoms with Crippen LogP contribution in [0, 0.1) is 0 Å². The van der Waals surface area contributed by atoms with E-state index in [1.54, 1.807) is 16.8 Å². The average Bonchev–Trinajstić information content (AvgIpc) is 2.97. The molecule has 1 aromatic heterocycles. The number of carbonyl (C=O) groups is 2. The Bertz CT molecular complexity index is 664. The number of rotatable bonds is 3. The molecule has 1 aliphatic heterocycles. The molecule has 2 aromatic rings. The fraction of sp³-hybridized carbons (Fsp3) is 0.333. The highest BCUT2D eigenvalue weighted by molar-refractivity contribution is 6.00. The van der Waals surface area contributed by atoms with Gasteiger partial charge in [0.1, 0.15) is 5.52 Å². The van der Waals surface area contributed by atoms with Crippen LogP contribution in [-0.4, -0.2) is 38.0 Å². The zero-order valence-corrected chi connectivity index (χ0v) is 10.0. The van der Waals surface area contributed by atoms with Gasteiger partial charge in [0, 0.05) is 12.5 Å². The third kappa shape index (κ3) is 2.03. The third-order valence-corrected chi connectivity index (χ3v) is 3.25. The molecule has 2 heterocycles. The Morgan fingerprint density at radius 1 is 1.53 bits per heavy atom. The van der Waals surface area contributed by atoms with Crippen molar-refractivity contribution in [1.29, 1.82) is 0 Å². The summed E-state index contributed by atoms with van der Waals surface area (Å²) in [6.45, 7) is 0.505.